The van der Waals surface area contributed by atoms with Gasteiger partial charge in [-0.25, -0.2) is 4.18 Å². The van der Waals surface area contributed by atoms with Gasteiger partial charge in [-0.3, -0.25) is 0 Å². The van der Waals surface area contributed by atoms with Crippen molar-refractivity contribution in [2.45, 2.75) is 11.9 Å². The number of nitrogens with zero attached hydrogens (tertiary/aromatic N) is 2. The fraction of sp³-hybridized carbons (Fsp3) is 0.273. The molecular formula is C11H11F3N2O3S. The Kier molecular flexibility index (Phi) is 3.65. The maximum Gasteiger partial charge on any atom is 0.523 e. The number of hydrogen-bond donors (Lipinski definition) is 0. The first-order valence-corrected chi connectivity index (χ1v) is 6.86. The van der Waals surface area contributed by atoms with Crippen molar-refractivity contribution in [3.8, 4) is 0 Å². The average Bonchev–Trinajstić information content (AvgIpc) is 2.70. The van der Waals surface area contributed by atoms with Crippen LogP contribution in [0.15, 0.2) is 42.7 Å². The molecule has 0 aromatic heterocycles. The SMILES string of the molecule is CN1C=CN(c2ccccc2)C1OS(=O)(=O)C(F)(F)F. The zero-order valence-corrected chi connectivity index (χ0v) is 11.1. The molecule has 1 aromatic carbocycles. The van der Waals surface area contributed by atoms with E-state index in [1.165, 1.54) is 29.2 Å². The normalized spacial score (nSPS) is 19.7. The van der Waals surface area contributed by atoms with Crippen LogP contribution in [0.1, 0.15) is 0 Å². The Bertz CT molecular complexity index is 601. The topological polar surface area (TPSA) is 49.9 Å². The van der Waals surface area contributed by atoms with Gasteiger partial charge in [0.2, 0.25) is 6.35 Å². The highest BCUT2D eigenvalue weighted by atomic mass is 32.2. The molecule has 1 aliphatic heterocycles. The van der Waals surface area contributed by atoms with Crippen molar-refractivity contribution in [1.29, 1.82) is 0 Å². The first-order chi connectivity index (χ1) is 9.22. The van der Waals surface area contributed by atoms with Crippen LogP contribution >= 0.6 is 0 Å². The lowest BCUT2D eigenvalue weighted by Crippen LogP contribution is -2.43. The molecule has 1 aliphatic rings. The highest BCUT2D eigenvalue weighted by Crippen LogP contribution is 2.30. The van der Waals surface area contributed by atoms with Gasteiger partial charge < -0.3 is 9.80 Å². The Morgan fingerprint density at radius 1 is 1.15 bits per heavy atom. The summed E-state index contributed by atoms with van der Waals surface area (Å²) in [6.07, 6.45) is 1.44. The van der Waals surface area contributed by atoms with Crippen LogP contribution < -0.4 is 4.90 Å². The molecular weight excluding hydrogens is 297 g/mol. The van der Waals surface area contributed by atoms with Crippen molar-refractivity contribution >= 4 is 15.8 Å². The number of anilines is 1. The van der Waals surface area contributed by atoms with Gasteiger partial charge in [0.05, 0.1) is 0 Å². The Labute approximate surface area is 114 Å². The summed E-state index contributed by atoms with van der Waals surface area (Å²) < 4.78 is 63.6. The van der Waals surface area contributed by atoms with Crippen molar-refractivity contribution in [1.82, 2.24) is 4.90 Å². The van der Waals surface area contributed by atoms with Gasteiger partial charge in [-0.15, -0.1) is 0 Å². The van der Waals surface area contributed by atoms with Crippen LogP contribution in [-0.4, -0.2) is 32.2 Å². The molecule has 20 heavy (non-hydrogen) atoms. The van der Waals surface area contributed by atoms with Crippen molar-refractivity contribution in [2.75, 3.05) is 11.9 Å². The molecule has 0 saturated carbocycles. The third-order valence-corrected chi connectivity index (χ3v) is 3.59. The quantitative estimate of drug-likeness (QED) is 0.632. The van der Waals surface area contributed by atoms with E-state index in [0.717, 1.165) is 0 Å². The summed E-state index contributed by atoms with van der Waals surface area (Å²) in [4.78, 5) is 2.50. The second-order valence-electron chi connectivity index (χ2n) is 4.03. The highest BCUT2D eigenvalue weighted by Gasteiger charge is 2.50. The van der Waals surface area contributed by atoms with Crippen molar-refractivity contribution in [2.24, 2.45) is 0 Å². The van der Waals surface area contributed by atoms with Crippen LogP contribution in [0, 0.1) is 0 Å². The van der Waals surface area contributed by atoms with Crippen LogP contribution in [0.2, 0.25) is 0 Å². The lowest BCUT2D eigenvalue weighted by molar-refractivity contribution is -0.0616. The van der Waals surface area contributed by atoms with Gasteiger partial charge >= 0.3 is 15.6 Å². The van der Waals surface area contributed by atoms with Gasteiger partial charge in [0, 0.05) is 25.1 Å². The second-order valence-corrected chi connectivity index (χ2v) is 5.59. The third-order valence-electron chi connectivity index (χ3n) is 2.60. The lowest BCUT2D eigenvalue weighted by atomic mass is 10.3. The molecule has 2 rings (SSSR count). The van der Waals surface area contributed by atoms with Crippen molar-refractivity contribution in [3.63, 3.8) is 0 Å². The van der Waals surface area contributed by atoms with E-state index in [1.807, 2.05) is 0 Å². The number of halogens is 3. The van der Waals surface area contributed by atoms with Gasteiger partial charge in [0.15, 0.2) is 0 Å². The maximum atomic E-state index is 12.4. The van der Waals surface area contributed by atoms with E-state index >= 15 is 0 Å². The average molecular weight is 308 g/mol. The molecule has 0 bridgehead atoms. The molecule has 9 heteroatoms. The predicted octanol–water partition coefficient (Wildman–Crippen LogP) is 2.06. The minimum Gasteiger partial charge on any atom is -0.336 e. The fourth-order valence-electron chi connectivity index (χ4n) is 1.62. The van der Waals surface area contributed by atoms with Gasteiger partial charge in [0.1, 0.15) is 0 Å². The van der Waals surface area contributed by atoms with Gasteiger partial charge in [-0.1, -0.05) is 18.2 Å². The molecule has 1 atom stereocenters. The molecule has 0 aliphatic carbocycles. The van der Waals surface area contributed by atoms with Gasteiger partial charge in [-0.2, -0.15) is 21.6 Å². The molecule has 1 heterocycles. The van der Waals surface area contributed by atoms with E-state index in [4.69, 9.17) is 0 Å². The molecule has 0 N–H and O–H groups in total. The summed E-state index contributed by atoms with van der Waals surface area (Å²) in [6, 6.07) is 8.34. The Hall–Kier alpha value is -1.74. The number of rotatable bonds is 3. The van der Waals surface area contributed by atoms with Crippen LogP contribution in [0.25, 0.3) is 0 Å². The fourth-order valence-corrected chi connectivity index (χ4v) is 2.18. The molecule has 0 saturated heterocycles. The zero-order valence-electron chi connectivity index (χ0n) is 10.3. The van der Waals surface area contributed by atoms with E-state index in [1.54, 1.807) is 30.3 Å². The van der Waals surface area contributed by atoms with E-state index in [0.29, 0.717) is 5.69 Å². The van der Waals surface area contributed by atoms with Crippen LogP contribution in [0.4, 0.5) is 18.9 Å². The molecule has 1 unspecified atom stereocenters. The number of alkyl halides is 3. The predicted molar refractivity (Wildman–Crippen MR) is 65.7 cm³/mol. The number of para-hydroxylation sites is 1. The van der Waals surface area contributed by atoms with E-state index in [9.17, 15) is 21.6 Å². The first kappa shape index (κ1) is 14.7. The molecule has 0 amide bonds. The molecule has 0 fully saturated rings. The van der Waals surface area contributed by atoms with E-state index < -0.39 is 22.0 Å². The zero-order chi connectivity index (χ0) is 15.0. The summed E-state index contributed by atoms with van der Waals surface area (Å²) in [5.74, 6) is 0. The summed E-state index contributed by atoms with van der Waals surface area (Å²) in [6.45, 7) is 0. The molecule has 0 spiro atoms. The molecule has 0 radical (unpaired) electrons. The van der Waals surface area contributed by atoms with E-state index in [2.05, 4.69) is 4.18 Å². The van der Waals surface area contributed by atoms with Crippen molar-refractivity contribution in [3.05, 3.63) is 42.7 Å². The Morgan fingerprint density at radius 2 is 1.75 bits per heavy atom. The lowest BCUT2D eigenvalue weighted by Gasteiger charge is -2.29. The minimum atomic E-state index is -5.68. The molecule has 1 aromatic rings. The number of hydrogen-bond acceptors (Lipinski definition) is 5. The standard InChI is InChI=1S/C11H11F3N2O3S/c1-15-7-8-16(9-5-3-2-4-6-9)10(15)19-20(17,18)11(12,13)14/h2-8,10H,1H3. The summed E-state index contributed by atoms with van der Waals surface area (Å²) >= 11 is 0. The van der Waals surface area contributed by atoms with Crippen molar-refractivity contribution < 1.29 is 25.8 Å². The van der Waals surface area contributed by atoms with Gasteiger partial charge in [-0.05, 0) is 12.1 Å². The Balaban J connectivity index is 2.27. The van der Waals surface area contributed by atoms with E-state index in [-0.39, 0.29) is 0 Å². The van der Waals surface area contributed by atoms with Crippen LogP contribution in [-0.2, 0) is 14.3 Å². The smallest absolute Gasteiger partial charge is 0.336 e. The van der Waals surface area contributed by atoms with Crippen LogP contribution in [0.3, 0.4) is 0 Å². The maximum absolute atomic E-state index is 12.4. The monoisotopic (exact) mass is 308 g/mol. The minimum absolute atomic E-state index is 0.510. The Morgan fingerprint density at radius 3 is 2.30 bits per heavy atom. The summed E-state index contributed by atoms with van der Waals surface area (Å²) in [7, 11) is -4.27. The first-order valence-electron chi connectivity index (χ1n) is 5.45. The number of benzene rings is 1. The molecule has 5 nitrogen and oxygen atoms in total. The molecule has 110 valence electrons. The summed E-state index contributed by atoms with van der Waals surface area (Å²) in [5.41, 5.74) is -4.95. The second kappa shape index (κ2) is 4.98. The van der Waals surface area contributed by atoms with Gasteiger partial charge in [0.25, 0.3) is 0 Å². The largest absolute Gasteiger partial charge is 0.523 e. The highest BCUT2D eigenvalue weighted by molar-refractivity contribution is 7.87. The third kappa shape index (κ3) is 2.73. The van der Waals surface area contributed by atoms with Crippen LogP contribution in [0.5, 0.6) is 0 Å². The summed E-state index contributed by atoms with van der Waals surface area (Å²) in [5, 5.41) is 0.